The molecule has 1 aromatic carbocycles. The molecule has 7 heteroatoms. The van der Waals surface area contributed by atoms with Gasteiger partial charge in [0.25, 0.3) is 0 Å². The SMILES string of the molecule is C=CCn1c(SCCNCCO)nnc1-c1ccc(Cl)cc1. The van der Waals surface area contributed by atoms with Crippen LogP contribution in [0.1, 0.15) is 0 Å². The Balaban J connectivity index is 2.11. The number of hydrogen-bond donors (Lipinski definition) is 2. The third-order valence-corrected chi connectivity index (χ3v) is 4.15. The summed E-state index contributed by atoms with van der Waals surface area (Å²) in [7, 11) is 0. The Morgan fingerprint density at radius 3 is 2.73 bits per heavy atom. The van der Waals surface area contributed by atoms with Gasteiger partial charge in [0.15, 0.2) is 11.0 Å². The van der Waals surface area contributed by atoms with E-state index in [0.717, 1.165) is 28.8 Å². The predicted octanol–water partition coefficient (Wildman–Crippen LogP) is 2.46. The number of nitrogens with zero attached hydrogens (tertiary/aromatic N) is 3. The number of aliphatic hydroxyl groups is 1. The van der Waals surface area contributed by atoms with Crippen molar-refractivity contribution in [3.8, 4) is 11.4 Å². The molecule has 2 N–H and O–H groups in total. The Morgan fingerprint density at radius 1 is 1.27 bits per heavy atom. The summed E-state index contributed by atoms with van der Waals surface area (Å²) in [6.45, 7) is 6.02. The smallest absolute Gasteiger partial charge is 0.191 e. The van der Waals surface area contributed by atoms with Crippen LogP contribution in [0, 0.1) is 0 Å². The first-order valence-electron chi connectivity index (χ1n) is 7.00. The fourth-order valence-electron chi connectivity index (χ4n) is 1.92. The summed E-state index contributed by atoms with van der Waals surface area (Å²) in [5.41, 5.74) is 0.976. The van der Waals surface area contributed by atoms with Crippen molar-refractivity contribution < 1.29 is 5.11 Å². The quantitative estimate of drug-likeness (QED) is 0.418. The van der Waals surface area contributed by atoms with Crippen LogP contribution in [0.25, 0.3) is 11.4 Å². The third kappa shape index (κ3) is 4.58. The lowest BCUT2D eigenvalue weighted by atomic mass is 10.2. The molecule has 0 fully saturated rings. The summed E-state index contributed by atoms with van der Waals surface area (Å²) in [5.74, 6) is 1.66. The highest BCUT2D eigenvalue weighted by Crippen LogP contribution is 2.25. The first-order chi connectivity index (χ1) is 10.8. The maximum atomic E-state index is 8.73. The third-order valence-electron chi connectivity index (χ3n) is 2.93. The van der Waals surface area contributed by atoms with Gasteiger partial charge in [0, 0.05) is 36.0 Å². The van der Waals surface area contributed by atoms with Crippen molar-refractivity contribution in [1.29, 1.82) is 0 Å². The van der Waals surface area contributed by atoms with Crippen molar-refractivity contribution in [3.63, 3.8) is 0 Å². The molecule has 1 aromatic heterocycles. The van der Waals surface area contributed by atoms with Crippen molar-refractivity contribution in [1.82, 2.24) is 20.1 Å². The molecule has 0 unspecified atom stereocenters. The number of thioether (sulfide) groups is 1. The number of aliphatic hydroxyl groups excluding tert-OH is 1. The second-order valence-electron chi connectivity index (χ2n) is 4.53. The van der Waals surface area contributed by atoms with Gasteiger partial charge < -0.3 is 10.4 Å². The highest BCUT2D eigenvalue weighted by Gasteiger charge is 2.13. The molecule has 2 rings (SSSR count). The fourth-order valence-corrected chi connectivity index (χ4v) is 2.89. The standard InChI is InChI=1S/C15H19ClN4OS/c1-2-9-20-14(12-3-5-13(16)6-4-12)18-19-15(20)22-11-8-17-7-10-21/h2-6,17,21H,1,7-11H2. The first kappa shape index (κ1) is 17.0. The Hall–Kier alpha value is -1.34. The summed E-state index contributed by atoms with van der Waals surface area (Å²) in [4.78, 5) is 0. The van der Waals surface area contributed by atoms with E-state index in [-0.39, 0.29) is 6.61 Å². The molecule has 0 saturated carbocycles. The lowest BCUT2D eigenvalue weighted by Gasteiger charge is -2.08. The van der Waals surface area contributed by atoms with Crippen molar-refractivity contribution in [2.45, 2.75) is 11.7 Å². The van der Waals surface area contributed by atoms with Crippen LogP contribution in [0.15, 0.2) is 42.1 Å². The summed E-state index contributed by atoms with van der Waals surface area (Å²) in [6, 6.07) is 7.55. The number of hydrogen-bond acceptors (Lipinski definition) is 5. The summed E-state index contributed by atoms with van der Waals surface area (Å²) in [6.07, 6.45) is 1.83. The van der Waals surface area contributed by atoms with Gasteiger partial charge in [-0.1, -0.05) is 29.4 Å². The Morgan fingerprint density at radius 2 is 2.05 bits per heavy atom. The Kier molecular flexibility index (Phi) is 6.92. The van der Waals surface area contributed by atoms with Crippen LogP contribution in [-0.4, -0.2) is 45.3 Å². The van der Waals surface area contributed by atoms with Crippen LogP contribution in [0.4, 0.5) is 0 Å². The second kappa shape index (κ2) is 8.95. The molecule has 118 valence electrons. The van der Waals surface area contributed by atoms with Gasteiger partial charge in [0.05, 0.1) is 6.61 Å². The lowest BCUT2D eigenvalue weighted by molar-refractivity contribution is 0.294. The molecule has 0 amide bonds. The number of aromatic nitrogens is 3. The summed E-state index contributed by atoms with van der Waals surface area (Å²) < 4.78 is 2.03. The largest absolute Gasteiger partial charge is 0.395 e. The van der Waals surface area contributed by atoms with Gasteiger partial charge in [0.2, 0.25) is 0 Å². The van der Waals surface area contributed by atoms with Gasteiger partial charge in [-0.15, -0.1) is 16.8 Å². The Labute approximate surface area is 139 Å². The lowest BCUT2D eigenvalue weighted by Crippen LogP contribution is -2.20. The highest BCUT2D eigenvalue weighted by molar-refractivity contribution is 7.99. The molecule has 5 nitrogen and oxygen atoms in total. The number of rotatable bonds is 9. The van der Waals surface area contributed by atoms with Crippen LogP contribution >= 0.6 is 23.4 Å². The van der Waals surface area contributed by atoms with E-state index >= 15 is 0 Å². The minimum Gasteiger partial charge on any atom is -0.395 e. The fraction of sp³-hybridized carbons (Fsp3) is 0.333. The minimum atomic E-state index is 0.151. The second-order valence-corrected chi connectivity index (χ2v) is 6.03. The Bertz CT molecular complexity index is 600. The van der Waals surface area contributed by atoms with Gasteiger partial charge in [0.1, 0.15) is 0 Å². The monoisotopic (exact) mass is 338 g/mol. The molecule has 0 radical (unpaired) electrons. The van der Waals surface area contributed by atoms with E-state index in [2.05, 4.69) is 22.1 Å². The van der Waals surface area contributed by atoms with E-state index in [1.54, 1.807) is 11.8 Å². The first-order valence-corrected chi connectivity index (χ1v) is 8.37. The molecule has 0 spiro atoms. The van der Waals surface area contributed by atoms with E-state index in [0.29, 0.717) is 18.1 Å². The van der Waals surface area contributed by atoms with Crippen molar-refractivity contribution >= 4 is 23.4 Å². The summed E-state index contributed by atoms with van der Waals surface area (Å²) >= 11 is 7.56. The predicted molar refractivity (Wildman–Crippen MR) is 91.3 cm³/mol. The van der Waals surface area contributed by atoms with Gasteiger partial charge in [-0.25, -0.2) is 0 Å². The van der Waals surface area contributed by atoms with Crippen LogP contribution in [0.5, 0.6) is 0 Å². The van der Waals surface area contributed by atoms with Gasteiger partial charge in [-0.3, -0.25) is 4.57 Å². The molecule has 1 heterocycles. The normalized spacial score (nSPS) is 10.8. The van der Waals surface area contributed by atoms with Crippen molar-refractivity contribution in [2.24, 2.45) is 0 Å². The van der Waals surface area contributed by atoms with E-state index in [9.17, 15) is 0 Å². The number of allylic oxidation sites excluding steroid dienone is 1. The highest BCUT2D eigenvalue weighted by atomic mass is 35.5. The van der Waals surface area contributed by atoms with E-state index in [1.807, 2.05) is 34.9 Å². The molecule has 0 saturated heterocycles. The van der Waals surface area contributed by atoms with Crippen LogP contribution in [0.2, 0.25) is 5.02 Å². The van der Waals surface area contributed by atoms with Crippen molar-refractivity contribution in [3.05, 3.63) is 41.9 Å². The average molecular weight is 339 g/mol. The van der Waals surface area contributed by atoms with Crippen molar-refractivity contribution in [2.75, 3.05) is 25.4 Å². The van der Waals surface area contributed by atoms with E-state index in [4.69, 9.17) is 16.7 Å². The number of benzene rings is 1. The van der Waals surface area contributed by atoms with Gasteiger partial charge >= 0.3 is 0 Å². The summed E-state index contributed by atoms with van der Waals surface area (Å²) in [5, 5.41) is 22.0. The molecule has 0 atom stereocenters. The molecule has 22 heavy (non-hydrogen) atoms. The van der Waals surface area contributed by atoms with Gasteiger partial charge in [-0.2, -0.15) is 0 Å². The van der Waals surface area contributed by atoms with Crippen LogP contribution in [-0.2, 0) is 6.54 Å². The topological polar surface area (TPSA) is 63.0 Å². The van der Waals surface area contributed by atoms with Crippen LogP contribution in [0.3, 0.4) is 0 Å². The molecule has 0 aliphatic rings. The van der Waals surface area contributed by atoms with E-state index in [1.165, 1.54) is 0 Å². The average Bonchev–Trinajstić information content (AvgIpc) is 2.91. The molecule has 0 aliphatic carbocycles. The molecule has 0 bridgehead atoms. The van der Waals surface area contributed by atoms with Crippen LogP contribution < -0.4 is 5.32 Å². The number of nitrogens with one attached hydrogen (secondary N) is 1. The van der Waals surface area contributed by atoms with Gasteiger partial charge in [-0.05, 0) is 24.3 Å². The number of halogens is 1. The minimum absolute atomic E-state index is 0.151. The zero-order chi connectivity index (χ0) is 15.8. The van der Waals surface area contributed by atoms with E-state index < -0.39 is 0 Å². The molecule has 0 aliphatic heterocycles. The zero-order valence-corrected chi connectivity index (χ0v) is 13.8. The maximum Gasteiger partial charge on any atom is 0.191 e. The maximum absolute atomic E-state index is 8.73. The molecular formula is C15H19ClN4OS. The molecular weight excluding hydrogens is 320 g/mol. The zero-order valence-electron chi connectivity index (χ0n) is 12.2. The molecule has 2 aromatic rings.